The van der Waals surface area contributed by atoms with E-state index in [1.807, 2.05) is 0 Å². The lowest BCUT2D eigenvalue weighted by atomic mass is 10.0. The summed E-state index contributed by atoms with van der Waals surface area (Å²) in [6, 6.07) is 17.7. The lowest BCUT2D eigenvalue weighted by Crippen LogP contribution is -2.16. The van der Waals surface area contributed by atoms with Gasteiger partial charge in [-0.05, 0) is 35.4 Å². The molecule has 4 rings (SSSR count). The first-order valence-electron chi connectivity index (χ1n) is 8.78. The summed E-state index contributed by atoms with van der Waals surface area (Å²) in [4.78, 5) is 0. The summed E-state index contributed by atoms with van der Waals surface area (Å²) in [6.07, 6.45) is -4.72. The number of aromatic nitrogens is 4. The van der Waals surface area contributed by atoms with Crippen LogP contribution >= 0.6 is 23.2 Å². The van der Waals surface area contributed by atoms with E-state index in [-0.39, 0.29) is 11.6 Å². The molecule has 0 radical (unpaired) electrons. The zero-order chi connectivity index (χ0) is 22.0. The Morgan fingerprint density at radius 2 is 1.06 bits per heavy atom. The molecule has 0 N–H and O–H groups in total. The van der Waals surface area contributed by atoms with Gasteiger partial charge in [0, 0.05) is 5.56 Å². The minimum Gasteiger partial charge on any atom is -0.406 e. The Bertz CT molecular complexity index is 1180. The Kier molecular flexibility index (Phi) is 5.75. The van der Waals surface area contributed by atoms with Crippen LogP contribution < -0.4 is 4.74 Å². The zero-order valence-electron chi connectivity index (χ0n) is 15.4. The molecule has 0 bridgehead atoms. The third-order valence-corrected chi connectivity index (χ3v) is 4.86. The summed E-state index contributed by atoms with van der Waals surface area (Å²) in [7, 11) is 0. The number of alkyl halides is 3. The van der Waals surface area contributed by atoms with Gasteiger partial charge in [0.1, 0.15) is 5.75 Å². The average Bonchev–Trinajstić information content (AvgIpc) is 2.74. The Morgan fingerprint density at radius 3 is 1.58 bits per heavy atom. The minimum atomic E-state index is -4.72. The molecule has 0 unspecified atom stereocenters. The number of hydrogen-bond acceptors (Lipinski definition) is 5. The van der Waals surface area contributed by atoms with Crippen LogP contribution in [0.2, 0.25) is 10.0 Å². The van der Waals surface area contributed by atoms with Gasteiger partial charge in [-0.1, -0.05) is 65.7 Å². The highest BCUT2D eigenvalue weighted by Crippen LogP contribution is 2.32. The SMILES string of the molecule is FC(F)(F)Oc1ccc(-c2ccc(-c3nnc(-c4c(Cl)cccc4Cl)nn3)cc2)cc1. The van der Waals surface area contributed by atoms with E-state index in [0.29, 0.717) is 27.0 Å². The van der Waals surface area contributed by atoms with Crippen LogP contribution in [0.4, 0.5) is 13.2 Å². The van der Waals surface area contributed by atoms with Crippen LogP contribution in [0, 0.1) is 0 Å². The highest BCUT2D eigenvalue weighted by atomic mass is 35.5. The molecule has 1 heterocycles. The van der Waals surface area contributed by atoms with Crippen LogP contribution in [0.1, 0.15) is 0 Å². The van der Waals surface area contributed by atoms with Crippen LogP contribution in [-0.4, -0.2) is 26.8 Å². The largest absolute Gasteiger partial charge is 0.573 e. The molecule has 10 heteroatoms. The highest BCUT2D eigenvalue weighted by Gasteiger charge is 2.30. The fourth-order valence-corrected chi connectivity index (χ4v) is 3.38. The van der Waals surface area contributed by atoms with Gasteiger partial charge in [0.05, 0.1) is 15.6 Å². The van der Waals surface area contributed by atoms with Crippen LogP contribution in [0.5, 0.6) is 5.75 Å². The zero-order valence-corrected chi connectivity index (χ0v) is 16.9. The third-order valence-electron chi connectivity index (χ3n) is 4.23. The van der Waals surface area contributed by atoms with Crippen molar-refractivity contribution in [3.8, 4) is 39.7 Å². The van der Waals surface area contributed by atoms with E-state index >= 15 is 0 Å². The first-order chi connectivity index (χ1) is 14.8. The van der Waals surface area contributed by atoms with Gasteiger partial charge in [0.25, 0.3) is 0 Å². The van der Waals surface area contributed by atoms with Crippen molar-refractivity contribution in [1.82, 2.24) is 20.4 Å². The summed E-state index contributed by atoms with van der Waals surface area (Å²) in [5.74, 6) is 0.224. The third kappa shape index (κ3) is 4.92. The molecule has 4 aromatic rings. The van der Waals surface area contributed by atoms with E-state index in [4.69, 9.17) is 23.2 Å². The molecule has 3 aromatic carbocycles. The first-order valence-corrected chi connectivity index (χ1v) is 9.54. The molecule has 0 saturated carbocycles. The van der Waals surface area contributed by atoms with Gasteiger partial charge in [-0.15, -0.1) is 33.6 Å². The lowest BCUT2D eigenvalue weighted by Gasteiger charge is -2.09. The Labute approximate surface area is 184 Å². The van der Waals surface area contributed by atoms with Crippen molar-refractivity contribution in [3.05, 3.63) is 76.8 Å². The first kappa shape index (κ1) is 21.0. The molecule has 31 heavy (non-hydrogen) atoms. The van der Waals surface area contributed by atoms with Crippen molar-refractivity contribution in [3.63, 3.8) is 0 Å². The fraction of sp³-hybridized carbons (Fsp3) is 0.0476. The summed E-state index contributed by atoms with van der Waals surface area (Å²) >= 11 is 12.3. The molecule has 156 valence electrons. The van der Waals surface area contributed by atoms with Gasteiger partial charge < -0.3 is 4.74 Å². The van der Waals surface area contributed by atoms with Crippen molar-refractivity contribution in [2.24, 2.45) is 0 Å². The van der Waals surface area contributed by atoms with Crippen LogP contribution in [-0.2, 0) is 0 Å². The van der Waals surface area contributed by atoms with Gasteiger partial charge >= 0.3 is 6.36 Å². The van der Waals surface area contributed by atoms with Crippen molar-refractivity contribution < 1.29 is 17.9 Å². The van der Waals surface area contributed by atoms with E-state index in [1.165, 1.54) is 24.3 Å². The van der Waals surface area contributed by atoms with E-state index in [0.717, 1.165) is 11.1 Å². The molecule has 5 nitrogen and oxygen atoms in total. The Hall–Kier alpha value is -3.23. The second-order valence-corrected chi connectivity index (χ2v) is 7.11. The minimum absolute atomic E-state index is 0.206. The van der Waals surface area contributed by atoms with E-state index in [2.05, 4.69) is 25.1 Å². The standard InChI is InChI=1S/C21H11Cl2F3N4O/c22-16-2-1-3-17(23)18(16)20-29-27-19(28-30-20)14-6-4-12(5-7-14)13-8-10-15(11-9-13)31-21(24,25)26/h1-11H. The molecule has 0 saturated heterocycles. The molecule has 0 aliphatic carbocycles. The fourth-order valence-electron chi connectivity index (χ4n) is 2.82. The van der Waals surface area contributed by atoms with Crippen LogP contribution in [0.15, 0.2) is 66.7 Å². The molecule has 0 amide bonds. The molecule has 0 spiro atoms. The summed E-state index contributed by atoms with van der Waals surface area (Å²) < 4.78 is 40.7. The maximum Gasteiger partial charge on any atom is 0.573 e. The van der Waals surface area contributed by atoms with Gasteiger partial charge in [0.2, 0.25) is 11.6 Å². The van der Waals surface area contributed by atoms with Gasteiger partial charge in [0.15, 0.2) is 0 Å². The maximum absolute atomic E-state index is 12.3. The predicted octanol–water partition coefficient (Wildman–Crippen LogP) is 6.47. The normalized spacial score (nSPS) is 11.4. The molecular weight excluding hydrogens is 452 g/mol. The van der Waals surface area contributed by atoms with E-state index in [1.54, 1.807) is 42.5 Å². The lowest BCUT2D eigenvalue weighted by molar-refractivity contribution is -0.274. The van der Waals surface area contributed by atoms with Crippen molar-refractivity contribution in [1.29, 1.82) is 0 Å². The van der Waals surface area contributed by atoms with E-state index < -0.39 is 6.36 Å². The van der Waals surface area contributed by atoms with E-state index in [9.17, 15) is 13.2 Å². The maximum atomic E-state index is 12.3. The van der Waals surface area contributed by atoms with Crippen molar-refractivity contribution in [2.45, 2.75) is 6.36 Å². The van der Waals surface area contributed by atoms with Crippen molar-refractivity contribution in [2.75, 3.05) is 0 Å². The quantitative estimate of drug-likeness (QED) is 0.347. The molecule has 0 aliphatic heterocycles. The molecule has 1 aromatic heterocycles. The van der Waals surface area contributed by atoms with Crippen LogP contribution in [0.3, 0.4) is 0 Å². The monoisotopic (exact) mass is 462 g/mol. The summed E-state index contributed by atoms with van der Waals surface area (Å²) in [5, 5.41) is 17.1. The highest BCUT2D eigenvalue weighted by molar-refractivity contribution is 6.38. The second kappa shape index (κ2) is 8.49. The predicted molar refractivity (Wildman–Crippen MR) is 111 cm³/mol. The van der Waals surface area contributed by atoms with Gasteiger partial charge in [-0.3, -0.25) is 0 Å². The molecule has 0 atom stereocenters. The number of ether oxygens (including phenoxy) is 1. The smallest absolute Gasteiger partial charge is 0.406 e. The summed E-state index contributed by atoms with van der Waals surface area (Å²) in [6.45, 7) is 0. The number of nitrogens with zero attached hydrogens (tertiary/aromatic N) is 4. The van der Waals surface area contributed by atoms with Gasteiger partial charge in [-0.25, -0.2) is 0 Å². The number of halogens is 5. The molecule has 0 aliphatic rings. The second-order valence-electron chi connectivity index (χ2n) is 6.29. The topological polar surface area (TPSA) is 60.8 Å². The molecule has 0 fully saturated rings. The molecular formula is C21H11Cl2F3N4O. The Morgan fingerprint density at radius 1 is 0.613 bits per heavy atom. The number of rotatable bonds is 4. The average molecular weight is 463 g/mol. The van der Waals surface area contributed by atoms with Gasteiger partial charge in [-0.2, -0.15) is 0 Å². The number of benzene rings is 3. The Balaban J connectivity index is 1.53. The van der Waals surface area contributed by atoms with Crippen LogP contribution in [0.25, 0.3) is 33.9 Å². The summed E-state index contributed by atoms with van der Waals surface area (Å²) in [5.41, 5.74) is 2.63. The van der Waals surface area contributed by atoms with Crippen molar-refractivity contribution >= 4 is 23.2 Å². The number of hydrogen-bond donors (Lipinski definition) is 0.